The molecular formula is C7H17NO. The highest BCUT2D eigenvalue weighted by Crippen LogP contribution is 1.82. The first-order chi connectivity index (χ1) is 4.16. The first-order valence-corrected chi connectivity index (χ1v) is 3.68. The van der Waals surface area contributed by atoms with Crippen LogP contribution in [-0.2, 0) is 0 Å². The monoisotopic (exact) mass is 131 g/mol. The molecule has 2 nitrogen and oxygen atoms in total. The van der Waals surface area contributed by atoms with Crippen LogP contribution in [0.15, 0.2) is 0 Å². The lowest BCUT2D eigenvalue weighted by atomic mass is 10.2. The molecule has 0 aromatic rings. The zero-order valence-corrected chi connectivity index (χ0v) is 6.61. The molecule has 1 N–H and O–H groups in total. The summed E-state index contributed by atoms with van der Waals surface area (Å²) < 4.78 is 0. The van der Waals surface area contributed by atoms with Gasteiger partial charge in [-0.15, -0.1) is 0 Å². The fraction of sp³-hybridized carbons (Fsp3) is 1.00. The van der Waals surface area contributed by atoms with Crippen molar-refractivity contribution in [3.8, 4) is 0 Å². The standard InChI is InChI=1S/C7H17NO/c1-4-5-8(9)6-7(2)3/h7-8H,4-6H2,1-3H3. The Bertz CT molecular complexity index is 63.9. The highest BCUT2D eigenvalue weighted by molar-refractivity contribution is 4.37. The summed E-state index contributed by atoms with van der Waals surface area (Å²) in [4.78, 5) is 0. The van der Waals surface area contributed by atoms with Gasteiger partial charge >= 0.3 is 0 Å². The fourth-order valence-corrected chi connectivity index (χ4v) is 0.836. The van der Waals surface area contributed by atoms with Crippen LogP contribution >= 0.6 is 0 Å². The lowest BCUT2D eigenvalue weighted by Crippen LogP contribution is -3.07. The third-order valence-electron chi connectivity index (χ3n) is 1.16. The van der Waals surface area contributed by atoms with E-state index in [1.54, 1.807) is 0 Å². The van der Waals surface area contributed by atoms with Gasteiger partial charge in [-0.3, -0.25) is 0 Å². The van der Waals surface area contributed by atoms with Crippen molar-refractivity contribution >= 4 is 0 Å². The topological polar surface area (TPSA) is 27.5 Å². The molecule has 0 aromatic carbocycles. The van der Waals surface area contributed by atoms with E-state index in [1.807, 2.05) is 6.92 Å². The van der Waals surface area contributed by atoms with Gasteiger partial charge in [-0.05, 0) is 6.42 Å². The highest BCUT2D eigenvalue weighted by Gasteiger charge is 1.98. The minimum absolute atomic E-state index is 0.410. The van der Waals surface area contributed by atoms with Gasteiger partial charge in [0.05, 0.1) is 13.1 Å². The smallest absolute Gasteiger partial charge is 0.0791 e. The third kappa shape index (κ3) is 5.80. The number of hydrogen-bond acceptors (Lipinski definition) is 1. The molecule has 0 saturated carbocycles. The van der Waals surface area contributed by atoms with E-state index in [-0.39, 0.29) is 0 Å². The summed E-state index contributed by atoms with van der Waals surface area (Å²) in [6.45, 7) is 7.71. The van der Waals surface area contributed by atoms with E-state index in [1.165, 1.54) is 0 Å². The van der Waals surface area contributed by atoms with E-state index in [9.17, 15) is 5.21 Å². The maximum atomic E-state index is 10.9. The van der Waals surface area contributed by atoms with Gasteiger partial charge in [0.2, 0.25) is 0 Å². The quantitative estimate of drug-likeness (QED) is 0.551. The van der Waals surface area contributed by atoms with Gasteiger partial charge in [-0.2, -0.15) is 0 Å². The van der Waals surface area contributed by atoms with Crippen LogP contribution in [0, 0.1) is 11.1 Å². The average Bonchev–Trinajstić information content (AvgIpc) is 1.63. The largest absolute Gasteiger partial charge is 0.634 e. The fourth-order valence-electron chi connectivity index (χ4n) is 0.836. The molecule has 56 valence electrons. The summed E-state index contributed by atoms with van der Waals surface area (Å²) >= 11 is 0. The molecule has 0 radical (unpaired) electrons. The molecule has 0 saturated heterocycles. The molecular weight excluding hydrogens is 114 g/mol. The second-order valence-electron chi connectivity index (χ2n) is 2.89. The molecule has 0 spiro atoms. The number of hydrogen-bond donors (Lipinski definition) is 1. The summed E-state index contributed by atoms with van der Waals surface area (Å²) in [6, 6.07) is 0. The van der Waals surface area contributed by atoms with Crippen molar-refractivity contribution in [3.05, 3.63) is 5.21 Å². The Hall–Kier alpha value is -0.0800. The minimum Gasteiger partial charge on any atom is -0.634 e. The van der Waals surface area contributed by atoms with E-state index < -0.39 is 0 Å². The predicted molar refractivity (Wildman–Crippen MR) is 39.2 cm³/mol. The van der Waals surface area contributed by atoms with Gasteiger partial charge < -0.3 is 10.3 Å². The number of hydroxylamine groups is 2. The van der Waals surface area contributed by atoms with E-state index in [0.29, 0.717) is 11.0 Å². The maximum absolute atomic E-state index is 10.9. The molecule has 1 unspecified atom stereocenters. The first-order valence-electron chi connectivity index (χ1n) is 3.68. The summed E-state index contributed by atoms with van der Waals surface area (Å²) in [6.07, 6.45) is 0.992. The molecule has 0 aliphatic rings. The Labute approximate surface area is 57.4 Å². The molecule has 0 amide bonds. The van der Waals surface area contributed by atoms with Crippen LogP contribution in [-0.4, -0.2) is 13.1 Å². The second-order valence-corrected chi connectivity index (χ2v) is 2.89. The van der Waals surface area contributed by atoms with Crippen LogP contribution in [0.25, 0.3) is 0 Å². The summed E-state index contributed by atoms with van der Waals surface area (Å²) in [7, 11) is 0. The van der Waals surface area contributed by atoms with Crippen molar-refractivity contribution in [2.75, 3.05) is 13.1 Å². The lowest BCUT2D eigenvalue weighted by Gasteiger charge is -2.23. The second kappa shape index (κ2) is 4.77. The van der Waals surface area contributed by atoms with Crippen molar-refractivity contribution in [2.24, 2.45) is 5.92 Å². The summed E-state index contributed by atoms with van der Waals surface area (Å²) in [5.41, 5.74) is 0. The zero-order chi connectivity index (χ0) is 7.28. The zero-order valence-electron chi connectivity index (χ0n) is 6.61. The Morgan fingerprint density at radius 2 is 2.00 bits per heavy atom. The molecule has 0 rings (SSSR count). The number of nitrogens with one attached hydrogen (secondary N) is 1. The maximum Gasteiger partial charge on any atom is 0.0791 e. The van der Waals surface area contributed by atoms with Gasteiger partial charge in [0.15, 0.2) is 0 Å². The van der Waals surface area contributed by atoms with Crippen molar-refractivity contribution < 1.29 is 5.06 Å². The number of quaternary nitrogens is 1. The Balaban J connectivity index is 3.15. The van der Waals surface area contributed by atoms with Crippen molar-refractivity contribution in [3.63, 3.8) is 0 Å². The molecule has 0 fully saturated rings. The van der Waals surface area contributed by atoms with Crippen LogP contribution in [0.1, 0.15) is 27.2 Å². The van der Waals surface area contributed by atoms with E-state index in [2.05, 4.69) is 13.8 Å². The van der Waals surface area contributed by atoms with Crippen LogP contribution in [0.5, 0.6) is 0 Å². The molecule has 0 aliphatic heterocycles. The average molecular weight is 131 g/mol. The molecule has 1 atom stereocenters. The van der Waals surface area contributed by atoms with Crippen molar-refractivity contribution in [2.45, 2.75) is 27.2 Å². The molecule has 0 aromatic heterocycles. The minimum atomic E-state index is 0.410. The van der Waals surface area contributed by atoms with E-state index in [4.69, 9.17) is 0 Å². The van der Waals surface area contributed by atoms with Gasteiger partial charge in [0.1, 0.15) is 0 Å². The van der Waals surface area contributed by atoms with Crippen LogP contribution in [0.2, 0.25) is 0 Å². The number of rotatable bonds is 4. The van der Waals surface area contributed by atoms with Crippen LogP contribution in [0.3, 0.4) is 0 Å². The summed E-state index contributed by atoms with van der Waals surface area (Å²) in [5, 5.41) is 11.3. The normalized spacial score (nSPS) is 14.3. The Morgan fingerprint density at radius 3 is 2.33 bits per heavy atom. The molecule has 0 heterocycles. The van der Waals surface area contributed by atoms with Crippen molar-refractivity contribution in [1.82, 2.24) is 0 Å². The van der Waals surface area contributed by atoms with Gasteiger partial charge in [0.25, 0.3) is 0 Å². The lowest BCUT2D eigenvalue weighted by molar-refractivity contribution is -0.851. The molecule has 9 heavy (non-hydrogen) atoms. The van der Waals surface area contributed by atoms with E-state index >= 15 is 0 Å². The Morgan fingerprint density at radius 1 is 1.44 bits per heavy atom. The first kappa shape index (κ1) is 8.92. The predicted octanol–water partition coefficient (Wildman–Crippen LogP) is 0.435. The van der Waals surface area contributed by atoms with E-state index in [0.717, 1.165) is 19.5 Å². The molecule has 0 aliphatic carbocycles. The summed E-state index contributed by atoms with van der Waals surface area (Å²) in [5.74, 6) is 0.532. The van der Waals surface area contributed by atoms with Crippen LogP contribution in [0.4, 0.5) is 0 Å². The van der Waals surface area contributed by atoms with Gasteiger partial charge in [-0.1, -0.05) is 20.8 Å². The van der Waals surface area contributed by atoms with Crippen molar-refractivity contribution in [1.29, 1.82) is 0 Å². The van der Waals surface area contributed by atoms with Crippen LogP contribution < -0.4 is 5.06 Å². The molecule has 2 heteroatoms. The van der Waals surface area contributed by atoms with Gasteiger partial charge in [-0.25, -0.2) is 0 Å². The Kier molecular flexibility index (Phi) is 4.72. The third-order valence-corrected chi connectivity index (χ3v) is 1.16. The molecule has 0 bridgehead atoms. The van der Waals surface area contributed by atoms with Gasteiger partial charge in [0, 0.05) is 5.92 Å². The highest BCUT2D eigenvalue weighted by atomic mass is 16.5. The SMILES string of the molecule is CCC[NH+]([O-])CC(C)C.